The number of ether oxygens (including phenoxy) is 1. The van der Waals surface area contributed by atoms with Gasteiger partial charge in [-0.05, 0) is 44.3 Å². The van der Waals surface area contributed by atoms with Gasteiger partial charge in [0.15, 0.2) is 0 Å². The Morgan fingerprint density at radius 1 is 0.720 bits per heavy atom. The molecule has 3 heteroatoms. The van der Waals surface area contributed by atoms with Crippen LogP contribution < -0.4 is 0 Å². The number of hydrogen-bond donors (Lipinski definition) is 0. The monoisotopic (exact) mass is 368 g/mol. The van der Waals surface area contributed by atoms with Crippen molar-refractivity contribution in [3.05, 3.63) is 11.5 Å². The minimum atomic E-state index is -1.65. The molecule has 1 rings (SSSR count). The zero-order chi connectivity index (χ0) is 18.4. The molecule has 148 valence electrons. The van der Waals surface area contributed by atoms with Crippen LogP contribution >= 0.6 is 0 Å². The minimum absolute atomic E-state index is 0.828. The van der Waals surface area contributed by atoms with E-state index in [4.69, 9.17) is 9.16 Å². The normalized spacial score (nSPS) is 23.0. The molecule has 1 heterocycles. The first-order valence-electron chi connectivity index (χ1n) is 11.2. The second kappa shape index (κ2) is 13.7. The molecule has 0 fully saturated rings. The van der Waals surface area contributed by atoms with Gasteiger partial charge in [-0.25, -0.2) is 0 Å². The largest absolute Gasteiger partial charge is 0.519 e. The molecule has 2 nitrogen and oxygen atoms in total. The summed E-state index contributed by atoms with van der Waals surface area (Å²) in [5.74, 6) is 0.907. The van der Waals surface area contributed by atoms with Crippen LogP contribution in [0.2, 0.25) is 18.1 Å². The zero-order valence-electron chi connectivity index (χ0n) is 17.6. The van der Waals surface area contributed by atoms with Gasteiger partial charge in [0.25, 0.3) is 14.3 Å². The summed E-state index contributed by atoms with van der Waals surface area (Å²) in [5, 5.41) is 0. The van der Waals surface area contributed by atoms with E-state index >= 15 is 0 Å². The standard InChI is InChI=1S/C22H44O2Si/c1-5-25(6-2,7-3)24-22-21(4)19-17-15-13-11-9-8-10-12-14-16-18-20-23-22/h5-20H2,1-4H3/b22-21+. The van der Waals surface area contributed by atoms with Gasteiger partial charge in [-0.15, -0.1) is 0 Å². The lowest BCUT2D eigenvalue weighted by atomic mass is 10.0. The van der Waals surface area contributed by atoms with Crippen LogP contribution in [0.3, 0.4) is 0 Å². The Balaban J connectivity index is 2.70. The van der Waals surface area contributed by atoms with E-state index in [2.05, 4.69) is 27.7 Å². The highest BCUT2D eigenvalue weighted by Crippen LogP contribution is 2.28. The van der Waals surface area contributed by atoms with E-state index in [1.165, 1.54) is 94.3 Å². The molecule has 0 aromatic rings. The fraction of sp³-hybridized carbons (Fsp3) is 0.909. The third-order valence-corrected chi connectivity index (χ3v) is 10.5. The van der Waals surface area contributed by atoms with Gasteiger partial charge in [0.2, 0.25) is 0 Å². The predicted molar refractivity (Wildman–Crippen MR) is 112 cm³/mol. The van der Waals surface area contributed by atoms with Crippen molar-refractivity contribution in [2.24, 2.45) is 0 Å². The first-order chi connectivity index (χ1) is 12.2. The van der Waals surface area contributed by atoms with Crippen molar-refractivity contribution in [1.82, 2.24) is 0 Å². The molecule has 0 spiro atoms. The summed E-state index contributed by atoms with van der Waals surface area (Å²) in [7, 11) is -1.65. The Bertz CT molecular complexity index is 353. The van der Waals surface area contributed by atoms with Gasteiger partial charge < -0.3 is 9.16 Å². The topological polar surface area (TPSA) is 18.5 Å². The van der Waals surface area contributed by atoms with Crippen LogP contribution in [0, 0.1) is 0 Å². The van der Waals surface area contributed by atoms with E-state index in [-0.39, 0.29) is 0 Å². The highest BCUT2D eigenvalue weighted by molar-refractivity contribution is 6.73. The quantitative estimate of drug-likeness (QED) is 0.458. The minimum Gasteiger partial charge on any atom is -0.519 e. The van der Waals surface area contributed by atoms with Gasteiger partial charge in [-0.2, -0.15) is 0 Å². The van der Waals surface area contributed by atoms with Crippen molar-refractivity contribution in [3.8, 4) is 0 Å². The van der Waals surface area contributed by atoms with Crippen LogP contribution in [0.4, 0.5) is 0 Å². The Kier molecular flexibility index (Phi) is 12.4. The Morgan fingerprint density at radius 3 is 1.64 bits per heavy atom. The Labute approximate surface area is 158 Å². The van der Waals surface area contributed by atoms with Crippen molar-refractivity contribution in [3.63, 3.8) is 0 Å². The molecule has 0 aromatic carbocycles. The summed E-state index contributed by atoms with van der Waals surface area (Å²) < 4.78 is 12.8. The van der Waals surface area contributed by atoms with E-state index in [9.17, 15) is 0 Å². The Morgan fingerprint density at radius 2 is 1.16 bits per heavy atom. The van der Waals surface area contributed by atoms with Gasteiger partial charge in [0.05, 0.1) is 6.61 Å². The van der Waals surface area contributed by atoms with Gasteiger partial charge in [0.1, 0.15) is 0 Å². The highest BCUT2D eigenvalue weighted by Gasteiger charge is 2.32. The van der Waals surface area contributed by atoms with Gasteiger partial charge >= 0.3 is 0 Å². The van der Waals surface area contributed by atoms with Crippen molar-refractivity contribution >= 4 is 8.32 Å². The fourth-order valence-electron chi connectivity index (χ4n) is 3.75. The lowest BCUT2D eigenvalue weighted by Gasteiger charge is -2.31. The molecule has 1 aliphatic rings. The van der Waals surface area contributed by atoms with Crippen molar-refractivity contribution < 1.29 is 9.16 Å². The average Bonchev–Trinajstić information content (AvgIpc) is 2.64. The molecular formula is C22H44O2Si. The molecule has 0 radical (unpaired) electrons. The molecule has 0 bridgehead atoms. The smallest absolute Gasteiger partial charge is 0.264 e. The Hall–Kier alpha value is -0.443. The molecule has 0 aromatic heterocycles. The van der Waals surface area contributed by atoms with Gasteiger partial charge in [0, 0.05) is 5.57 Å². The van der Waals surface area contributed by atoms with Crippen LogP contribution in [0.5, 0.6) is 0 Å². The molecule has 0 unspecified atom stereocenters. The van der Waals surface area contributed by atoms with Crippen LogP contribution in [0.25, 0.3) is 0 Å². The third-order valence-electron chi connectivity index (χ3n) is 6.02. The van der Waals surface area contributed by atoms with Crippen LogP contribution in [-0.2, 0) is 9.16 Å². The first-order valence-corrected chi connectivity index (χ1v) is 13.7. The molecule has 0 saturated carbocycles. The molecule has 1 aliphatic heterocycles. The summed E-state index contributed by atoms with van der Waals surface area (Å²) in [6, 6.07) is 3.54. The summed E-state index contributed by atoms with van der Waals surface area (Å²) in [4.78, 5) is 0. The van der Waals surface area contributed by atoms with E-state index < -0.39 is 8.32 Å². The maximum atomic E-state index is 6.64. The van der Waals surface area contributed by atoms with E-state index in [0.29, 0.717) is 0 Å². The molecule has 0 aliphatic carbocycles. The predicted octanol–water partition coefficient (Wildman–Crippen LogP) is 7.95. The van der Waals surface area contributed by atoms with Gasteiger partial charge in [-0.1, -0.05) is 78.6 Å². The lowest BCUT2D eigenvalue weighted by molar-refractivity contribution is 0.0919. The summed E-state index contributed by atoms with van der Waals surface area (Å²) in [6.45, 7) is 9.95. The van der Waals surface area contributed by atoms with Crippen LogP contribution in [0.1, 0.15) is 105 Å². The highest BCUT2D eigenvalue weighted by atomic mass is 28.4. The number of rotatable bonds is 5. The molecule has 0 N–H and O–H groups in total. The number of allylic oxidation sites excluding steroid dienone is 1. The summed E-state index contributed by atoms with van der Waals surface area (Å²) in [5.41, 5.74) is 1.35. The fourth-order valence-corrected chi connectivity index (χ4v) is 6.31. The molecule has 0 atom stereocenters. The van der Waals surface area contributed by atoms with Gasteiger partial charge in [-0.3, -0.25) is 0 Å². The second-order valence-corrected chi connectivity index (χ2v) is 12.6. The average molecular weight is 369 g/mol. The van der Waals surface area contributed by atoms with Crippen molar-refractivity contribution in [2.45, 2.75) is 123 Å². The maximum absolute atomic E-state index is 6.64. The van der Waals surface area contributed by atoms with Crippen molar-refractivity contribution in [1.29, 1.82) is 0 Å². The molecule has 0 saturated heterocycles. The summed E-state index contributed by atoms with van der Waals surface area (Å²) in [6.07, 6.45) is 16.1. The SMILES string of the molecule is CC[Si](CC)(CC)O/C1=C(\C)CCCCCCCCCCCCCO1. The third kappa shape index (κ3) is 9.17. The van der Waals surface area contributed by atoms with Crippen LogP contribution in [0.15, 0.2) is 11.5 Å². The zero-order valence-corrected chi connectivity index (χ0v) is 18.6. The second-order valence-electron chi connectivity index (χ2n) is 7.90. The molecule has 25 heavy (non-hydrogen) atoms. The summed E-state index contributed by atoms with van der Waals surface area (Å²) >= 11 is 0. The van der Waals surface area contributed by atoms with Crippen molar-refractivity contribution in [2.75, 3.05) is 6.61 Å². The molecule has 0 amide bonds. The first kappa shape index (κ1) is 22.6. The maximum Gasteiger partial charge on any atom is 0.264 e. The lowest BCUT2D eigenvalue weighted by Crippen LogP contribution is -2.36. The van der Waals surface area contributed by atoms with E-state index in [0.717, 1.165) is 19.0 Å². The van der Waals surface area contributed by atoms with E-state index in [1.807, 2.05) is 0 Å². The van der Waals surface area contributed by atoms with E-state index in [1.54, 1.807) is 0 Å². The molecular weight excluding hydrogens is 324 g/mol. The van der Waals surface area contributed by atoms with Crippen LogP contribution in [-0.4, -0.2) is 14.9 Å². The number of hydrogen-bond acceptors (Lipinski definition) is 2.